The number of halogens is 2. The van der Waals surface area contributed by atoms with Crippen LogP contribution in [0.3, 0.4) is 0 Å². The van der Waals surface area contributed by atoms with Crippen molar-refractivity contribution in [2.75, 3.05) is 11.9 Å². The van der Waals surface area contributed by atoms with Crippen molar-refractivity contribution in [3.63, 3.8) is 0 Å². The van der Waals surface area contributed by atoms with Crippen LogP contribution in [0.25, 0.3) is 0 Å². The molecule has 0 unspecified atom stereocenters. The number of nitrogens with zero attached hydrogens (tertiary/aromatic N) is 1. The van der Waals surface area contributed by atoms with E-state index in [0.29, 0.717) is 12.4 Å². The lowest BCUT2D eigenvalue weighted by Gasteiger charge is -2.08. The van der Waals surface area contributed by atoms with Crippen LogP contribution in [0.1, 0.15) is 5.56 Å². The first-order chi connectivity index (χ1) is 9.65. The van der Waals surface area contributed by atoms with Crippen LogP contribution in [0.2, 0.25) is 0 Å². The number of urea groups is 1. The van der Waals surface area contributed by atoms with Gasteiger partial charge in [-0.1, -0.05) is 50.1 Å². The number of aromatic nitrogens is 1. The van der Waals surface area contributed by atoms with Crippen LogP contribution in [0, 0.1) is 0 Å². The number of anilines is 1. The van der Waals surface area contributed by atoms with Crippen molar-refractivity contribution in [2.24, 2.45) is 0 Å². The van der Waals surface area contributed by atoms with Crippen molar-refractivity contribution in [3.8, 4) is 0 Å². The van der Waals surface area contributed by atoms with Gasteiger partial charge in [0, 0.05) is 21.7 Å². The molecule has 4 nitrogen and oxygen atoms in total. The largest absolute Gasteiger partial charge is 0.337 e. The monoisotopic (exact) mass is 397 g/mol. The Balaban J connectivity index is 1.80. The van der Waals surface area contributed by atoms with E-state index in [1.807, 2.05) is 24.3 Å². The molecule has 6 heteroatoms. The van der Waals surface area contributed by atoms with Crippen LogP contribution in [-0.4, -0.2) is 17.6 Å². The molecule has 20 heavy (non-hydrogen) atoms. The fourth-order valence-electron chi connectivity index (χ4n) is 1.65. The maximum absolute atomic E-state index is 11.7. The van der Waals surface area contributed by atoms with Crippen molar-refractivity contribution in [2.45, 2.75) is 6.42 Å². The summed E-state index contributed by atoms with van der Waals surface area (Å²) in [5.41, 5.74) is 1.16. The fraction of sp³-hybridized carbons (Fsp3) is 0.143. The lowest BCUT2D eigenvalue weighted by atomic mass is 10.1. The molecule has 0 saturated carbocycles. The Morgan fingerprint density at radius 2 is 2.00 bits per heavy atom. The van der Waals surface area contributed by atoms with E-state index in [1.165, 1.54) is 0 Å². The number of rotatable bonds is 4. The SMILES string of the molecule is O=C(NCCc1ccccc1Br)Nc1cc(Br)ccn1. The number of amides is 2. The number of pyridine rings is 1. The maximum atomic E-state index is 11.7. The molecule has 0 fully saturated rings. The third-order valence-corrected chi connectivity index (χ3v) is 3.87. The molecular formula is C14H13Br2N3O. The van der Waals surface area contributed by atoms with Gasteiger partial charge >= 0.3 is 6.03 Å². The molecule has 0 radical (unpaired) electrons. The van der Waals surface area contributed by atoms with Crippen LogP contribution < -0.4 is 10.6 Å². The molecule has 2 N–H and O–H groups in total. The normalized spacial score (nSPS) is 10.1. The second kappa shape index (κ2) is 7.40. The molecule has 0 bridgehead atoms. The summed E-state index contributed by atoms with van der Waals surface area (Å²) < 4.78 is 1.92. The molecule has 0 aliphatic rings. The van der Waals surface area contributed by atoms with Crippen LogP contribution in [-0.2, 0) is 6.42 Å². The minimum Gasteiger partial charge on any atom is -0.337 e. The van der Waals surface area contributed by atoms with E-state index in [0.717, 1.165) is 20.9 Å². The van der Waals surface area contributed by atoms with Gasteiger partial charge in [-0.05, 0) is 30.2 Å². The van der Waals surface area contributed by atoms with Gasteiger partial charge < -0.3 is 5.32 Å². The van der Waals surface area contributed by atoms with Gasteiger partial charge in [0.1, 0.15) is 5.82 Å². The molecule has 0 saturated heterocycles. The lowest BCUT2D eigenvalue weighted by molar-refractivity contribution is 0.252. The quantitative estimate of drug-likeness (QED) is 0.818. The minimum absolute atomic E-state index is 0.261. The summed E-state index contributed by atoms with van der Waals surface area (Å²) in [4.78, 5) is 15.8. The molecule has 0 aliphatic carbocycles. The lowest BCUT2D eigenvalue weighted by Crippen LogP contribution is -2.30. The van der Waals surface area contributed by atoms with E-state index in [2.05, 4.69) is 47.5 Å². The molecule has 0 spiro atoms. The number of carbonyl (C=O) groups excluding carboxylic acids is 1. The molecule has 0 aliphatic heterocycles. The molecule has 2 rings (SSSR count). The third-order valence-electron chi connectivity index (χ3n) is 2.60. The highest BCUT2D eigenvalue weighted by atomic mass is 79.9. The number of nitrogens with one attached hydrogen (secondary N) is 2. The van der Waals surface area contributed by atoms with E-state index < -0.39 is 0 Å². The topological polar surface area (TPSA) is 54.0 Å². The number of benzene rings is 1. The standard InChI is InChI=1S/C14H13Br2N3O/c15-11-6-8-17-13(9-11)19-14(20)18-7-5-10-3-1-2-4-12(10)16/h1-4,6,8-9H,5,7H2,(H2,17,18,19,20). The predicted molar refractivity (Wildman–Crippen MR) is 86.8 cm³/mol. The van der Waals surface area contributed by atoms with Gasteiger partial charge in [-0.25, -0.2) is 9.78 Å². The predicted octanol–water partition coefficient (Wildman–Crippen LogP) is 3.97. The van der Waals surface area contributed by atoms with Gasteiger partial charge in [-0.2, -0.15) is 0 Å². The Morgan fingerprint density at radius 1 is 1.20 bits per heavy atom. The van der Waals surface area contributed by atoms with Gasteiger partial charge in [-0.15, -0.1) is 0 Å². The Labute approximate surface area is 134 Å². The first-order valence-corrected chi connectivity index (χ1v) is 7.63. The summed E-state index contributed by atoms with van der Waals surface area (Å²) in [7, 11) is 0. The second-order valence-electron chi connectivity index (χ2n) is 4.08. The first kappa shape index (κ1) is 15.0. The second-order valence-corrected chi connectivity index (χ2v) is 5.85. The van der Waals surface area contributed by atoms with E-state index in [9.17, 15) is 4.79 Å². The van der Waals surface area contributed by atoms with E-state index in [-0.39, 0.29) is 6.03 Å². The smallest absolute Gasteiger partial charge is 0.320 e. The summed E-state index contributed by atoms with van der Waals surface area (Å²) in [6.45, 7) is 0.558. The fourth-order valence-corrected chi connectivity index (χ4v) is 2.46. The molecule has 0 atom stereocenters. The van der Waals surface area contributed by atoms with Crippen molar-refractivity contribution >= 4 is 43.7 Å². The summed E-state index contributed by atoms with van der Waals surface area (Å²) in [5.74, 6) is 0.512. The molecule has 104 valence electrons. The molecule has 2 aromatic rings. The summed E-state index contributed by atoms with van der Waals surface area (Å²) >= 11 is 6.81. The summed E-state index contributed by atoms with van der Waals surface area (Å²) in [6.07, 6.45) is 2.39. The van der Waals surface area contributed by atoms with Crippen molar-refractivity contribution < 1.29 is 4.79 Å². The van der Waals surface area contributed by atoms with E-state index in [4.69, 9.17) is 0 Å². The highest BCUT2D eigenvalue weighted by Crippen LogP contribution is 2.16. The van der Waals surface area contributed by atoms with Crippen molar-refractivity contribution in [3.05, 3.63) is 57.1 Å². The van der Waals surface area contributed by atoms with Crippen LogP contribution in [0.4, 0.5) is 10.6 Å². The minimum atomic E-state index is -0.261. The Kier molecular flexibility index (Phi) is 5.55. The van der Waals surface area contributed by atoms with Crippen molar-refractivity contribution in [1.82, 2.24) is 10.3 Å². The van der Waals surface area contributed by atoms with Gasteiger partial charge in [0.15, 0.2) is 0 Å². The zero-order valence-corrected chi connectivity index (χ0v) is 13.7. The van der Waals surface area contributed by atoms with E-state index in [1.54, 1.807) is 18.3 Å². The van der Waals surface area contributed by atoms with Crippen LogP contribution in [0.5, 0.6) is 0 Å². The Bertz CT molecular complexity index is 604. The molecular weight excluding hydrogens is 386 g/mol. The average molecular weight is 399 g/mol. The Morgan fingerprint density at radius 3 is 2.75 bits per heavy atom. The maximum Gasteiger partial charge on any atom is 0.320 e. The summed E-state index contributed by atoms with van der Waals surface area (Å²) in [6, 6.07) is 11.2. The molecule has 1 aromatic heterocycles. The highest BCUT2D eigenvalue weighted by Gasteiger charge is 2.03. The molecule has 1 heterocycles. The third kappa shape index (κ3) is 4.61. The van der Waals surface area contributed by atoms with Gasteiger partial charge in [0.2, 0.25) is 0 Å². The number of hydrogen-bond acceptors (Lipinski definition) is 2. The van der Waals surface area contributed by atoms with Crippen molar-refractivity contribution in [1.29, 1.82) is 0 Å². The van der Waals surface area contributed by atoms with E-state index >= 15 is 0 Å². The summed E-state index contributed by atoms with van der Waals surface area (Å²) in [5, 5.41) is 5.48. The zero-order valence-electron chi connectivity index (χ0n) is 10.6. The first-order valence-electron chi connectivity index (χ1n) is 6.05. The molecule has 1 aromatic carbocycles. The Hall–Kier alpha value is -1.40. The van der Waals surface area contributed by atoms with Gasteiger partial charge in [-0.3, -0.25) is 5.32 Å². The van der Waals surface area contributed by atoms with Crippen LogP contribution in [0.15, 0.2) is 51.5 Å². The van der Waals surface area contributed by atoms with Gasteiger partial charge in [0.25, 0.3) is 0 Å². The highest BCUT2D eigenvalue weighted by molar-refractivity contribution is 9.10. The zero-order chi connectivity index (χ0) is 14.4. The number of hydrogen-bond donors (Lipinski definition) is 2. The molecule has 2 amide bonds. The van der Waals surface area contributed by atoms with Crippen LogP contribution >= 0.6 is 31.9 Å². The van der Waals surface area contributed by atoms with Gasteiger partial charge in [0.05, 0.1) is 0 Å². The number of carbonyl (C=O) groups is 1. The average Bonchev–Trinajstić information content (AvgIpc) is 2.41.